The van der Waals surface area contributed by atoms with E-state index in [0.717, 1.165) is 0 Å². The predicted molar refractivity (Wildman–Crippen MR) is 77.4 cm³/mol. The molecule has 1 aromatic carbocycles. The van der Waals surface area contributed by atoms with Crippen LogP contribution in [0.1, 0.15) is 0 Å². The Morgan fingerprint density at radius 3 is 2.55 bits per heavy atom. The van der Waals surface area contributed by atoms with Gasteiger partial charge in [0.15, 0.2) is 5.82 Å². The van der Waals surface area contributed by atoms with E-state index in [1.54, 1.807) is 41.5 Å². The fourth-order valence-corrected chi connectivity index (χ4v) is 2.27. The van der Waals surface area contributed by atoms with Gasteiger partial charge in [-0.15, -0.1) is 0 Å². The highest BCUT2D eigenvalue weighted by Gasteiger charge is 2.12. The van der Waals surface area contributed by atoms with E-state index in [9.17, 15) is 0 Å². The van der Waals surface area contributed by atoms with Gasteiger partial charge in [0.2, 0.25) is 11.2 Å². The maximum absolute atomic E-state index is 6.15. The highest BCUT2D eigenvalue weighted by Crippen LogP contribution is 2.28. The van der Waals surface area contributed by atoms with Crippen LogP contribution >= 0.6 is 34.8 Å². The quantitative estimate of drug-likeness (QED) is 0.721. The zero-order chi connectivity index (χ0) is 14.1. The monoisotopic (exact) mass is 325 g/mol. The molecule has 0 spiro atoms. The third-order valence-corrected chi connectivity index (χ3v) is 3.22. The van der Waals surface area contributed by atoms with Gasteiger partial charge < -0.3 is 0 Å². The van der Waals surface area contributed by atoms with Crippen LogP contribution in [0.5, 0.6) is 0 Å². The summed E-state index contributed by atoms with van der Waals surface area (Å²) < 4.78 is 1.63. The summed E-state index contributed by atoms with van der Waals surface area (Å²) in [6, 6.07) is 5.05. The molecule has 0 atom stereocenters. The fraction of sp³-hybridized carbons (Fsp3) is 0. The molecule has 0 saturated carbocycles. The van der Waals surface area contributed by atoms with Gasteiger partial charge in [-0.05, 0) is 29.8 Å². The number of aromatic nitrogens is 5. The largest absolute Gasteiger partial charge is 0.274 e. The third kappa shape index (κ3) is 2.60. The number of benzene rings is 1. The van der Waals surface area contributed by atoms with Crippen LogP contribution in [0, 0.1) is 0 Å². The Morgan fingerprint density at radius 2 is 1.85 bits per heavy atom. The second-order valence-corrected chi connectivity index (χ2v) is 5.00. The Bertz CT molecular complexity index is 758. The Kier molecular flexibility index (Phi) is 3.56. The minimum absolute atomic E-state index is 0.0738. The lowest BCUT2D eigenvalue weighted by Crippen LogP contribution is -2.03. The molecule has 2 heterocycles. The molecule has 0 aliphatic rings. The van der Waals surface area contributed by atoms with Gasteiger partial charge >= 0.3 is 0 Å². The molecule has 0 unspecified atom stereocenters. The summed E-state index contributed by atoms with van der Waals surface area (Å²) in [7, 11) is 0. The fourth-order valence-electron chi connectivity index (χ4n) is 1.62. The number of hydrogen-bond acceptors (Lipinski definition) is 4. The van der Waals surface area contributed by atoms with Crippen LogP contribution in [0.25, 0.3) is 17.3 Å². The van der Waals surface area contributed by atoms with E-state index >= 15 is 0 Å². The second kappa shape index (κ2) is 5.36. The molecule has 0 radical (unpaired) electrons. The molecule has 3 rings (SSSR count). The summed E-state index contributed by atoms with van der Waals surface area (Å²) in [6.07, 6.45) is 4.89. The topological polar surface area (TPSA) is 56.5 Å². The Labute approximate surface area is 129 Å². The Hall–Kier alpha value is -1.69. The lowest BCUT2D eigenvalue weighted by molar-refractivity contribution is 0.899. The summed E-state index contributed by atoms with van der Waals surface area (Å²) in [5.41, 5.74) is 0.627. The van der Waals surface area contributed by atoms with Crippen LogP contribution in [0.3, 0.4) is 0 Å². The van der Waals surface area contributed by atoms with Crippen LogP contribution in [0.4, 0.5) is 0 Å². The van der Waals surface area contributed by atoms with Gasteiger partial charge in [0, 0.05) is 23.0 Å². The lowest BCUT2D eigenvalue weighted by atomic mass is 10.2. The minimum Gasteiger partial charge on any atom is -0.274 e. The molecule has 3 aromatic rings. The molecular weight excluding hydrogens is 321 g/mol. The first-order valence-corrected chi connectivity index (χ1v) is 6.62. The van der Waals surface area contributed by atoms with Gasteiger partial charge in [-0.2, -0.15) is 15.0 Å². The van der Waals surface area contributed by atoms with Gasteiger partial charge in [-0.25, -0.2) is 4.98 Å². The summed E-state index contributed by atoms with van der Waals surface area (Å²) in [5, 5.41) is 1.05. The van der Waals surface area contributed by atoms with E-state index in [1.807, 2.05) is 0 Å². The molecule has 0 N–H and O–H groups in total. The van der Waals surface area contributed by atoms with Crippen molar-refractivity contribution in [1.29, 1.82) is 0 Å². The minimum atomic E-state index is 0.0738. The molecule has 20 heavy (non-hydrogen) atoms. The number of imidazole rings is 1. The van der Waals surface area contributed by atoms with E-state index < -0.39 is 0 Å². The van der Waals surface area contributed by atoms with E-state index in [-0.39, 0.29) is 5.28 Å². The summed E-state index contributed by atoms with van der Waals surface area (Å²) in [4.78, 5) is 16.4. The molecule has 0 fully saturated rings. The van der Waals surface area contributed by atoms with Gasteiger partial charge in [-0.3, -0.25) is 4.57 Å². The molecule has 0 saturated heterocycles. The molecule has 0 bridgehead atoms. The van der Waals surface area contributed by atoms with Crippen LogP contribution in [-0.2, 0) is 0 Å². The molecule has 8 heteroatoms. The van der Waals surface area contributed by atoms with Crippen molar-refractivity contribution in [2.45, 2.75) is 0 Å². The van der Waals surface area contributed by atoms with Crippen LogP contribution < -0.4 is 0 Å². The van der Waals surface area contributed by atoms with Crippen molar-refractivity contribution >= 4 is 34.8 Å². The van der Waals surface area contributed by atoms with E-state index in [2.05, 4.69) is 19.9 Å². The molecule has 0 aliphatic heterocycles. The predicted octanol–water partition coefficient (Wildman–Crippen LogP) is 3.68. The van der Waals surface area contributed by atoms with Crippen molar-refractivity contribution in [3.8, 4) is 17.3 Å². The zero-order valence-electron chi connectivity index (χ0n) is 9.83. The third-order valence-electron chi connectivity index (χ3n) is 2.50. The van der Waals surface area contributed by atoms with E-state index in [1.165, 1.54) is 0 Å². The maximum Gasteiger partial charge on any atom is 0.239 e. The average Bonchev–Trinajstić information content (AvgIpc) is 2.91. The molecule has 0 aliphatic carbocycles. The summed E-state index contributed by atoms with van der Waals surface area (Å²) in [5.74, 6) is 0.735. The lowest BCUT2D eigenvalue weighted by Gasteiger charge is -2.06. The van der Waals surface area contributed by atoms with Crippen molar-refractivity contribution in [3.63, 3.8) is 0 Å². The van der Waals surface area contributed by atoms with Crippen molar-refractivity contribution in [2.24, 2.45) is 0 Å². The molecule has 0 amide bonds. The first-order valence-electron chi connectivity index (χ1n) is 5.49. The van der Waals surface area contributed by atoms with Crippen LogP contribution in [-0.4, -0.2) is 24.5 Å². The number of halogens is 3. The van der Waals surface area contributed by atoms with Gasteiger partial charge in [0.25, 0.3) is 0 Å². The number of nitrogens with zero attached hydrogens (tertiary/aromatic N) is 5. The SMILES string of the molecule is Clc1ccc(-c2nc(Cl)nc(-n3ccnc3)n2)c(Cl)c1. The van der Waals surface area contributed by atoms with Gasteiger partial charge in [-0.1, -0.05) is 23.2 Å². The normalized spacial score (nSPS) is 10.8. The van der Waals surface area contributed by atoms with E-state index in [0.29, 0.717) is 27.4 Å². The number of rotatable bonds is 2. The van der Waals surface area contributed by atoms with Crippen molar-refractivity contribution in [2.75, 3.05) is 0 Å². The number of hydrogen-bond donors (Lipinski definition) is 0. The average molecular weight is 327 g/mol. The van der Waals surface area contributed by atoms with Crippen LogP contribution in [0.2, 0.25) is 15.3 Å². The highest BCUT2D eigenvalue weighted by atomic mass is 35.5. The molecular formula is C12H6Cl3N5. The highest BCUT2D eigenvalue weighted by molar-refractivity contribution is 6.36. The van der Waals surface area contributed by atoms with Crippen molar-refractivity contribution < 1.29 is 0 Å². The standard InChI is InChI=1S/C12H6Cl3N5/c13-7-1-2-8(9(14)5-7)10-17-11(15)19-12(18-10)20-4-3-16-6-20/h1-6H. The van der Waals surface area contributed by atoms with Gasteiger partial charge in [0.05, 0.1) is 5.02 Å². The second-order valence-electron chi connectivity index (χ2n) is 3.82. The first kappa shape index (κ1) is 13.3. The summed E-state index contributed by atoms with van der Waals surface area (Å²) in [6.45, 7) is 0. The summed E-state index contributed by atoms with van der Waals surface area (Å²) >= 11 is 18.0. The van der Waals surface area contributed by atoms with Crippen molar-refractivity contribution in [3.05, 3.63) is 52.2 Å². The van der Waals surface area contributed by atoms with E-state index in [4.69, 9.17) is 34.8 Å². The maximum atomic E-state index is 6.15. The molecule has 100 valence electrons. The van der Waals surface area contributed by atoms with Gasteiger partial charge in [0.1, 0.15) is 6.33 Å². The molecule has 2 aromatic heterocycles. The molecule has 5 nitrogen and oxygen atoms in total. The zero-order valence-corrected chi connectivity index (χ0v) is 12.1. The van der Waals surface area contributed by atoms with Crippen molar-refractivity contribution in [1.82, 2.24) is 24.5 Å². The van der Waals surface area contributed by atoms with Crippen LogP contribution in [0.15, 0.2) is 36.9 Å². The smallest absolute Gasteiger partial charge is 0.239 e. The Balaban J connectivity index is 2.14. The first-order chi connectivity index (χ1) is 9.63. The Morgan fingerprint density at radius 1 is 1.00 bits per heavy atom.